The molecule has 0 heterocycles. The van der Waals surface area contributed by atoms with Gasteiger partial charge in [0, 0.05) is 19.3 Å². The van der Waals surface area contributed by atoms with Gasteiger partial charge >= 0.3 is 5.97 Å². The number of anilines is 1. The van der Waals surface area contributed by atoms with E-state index in [0.29, 0.717) is 13.0 Å². The normalized spacial score (nSPS) is 13.7. The molecule has 0 aliphatic rings. The molecule has 118 valence electrons. The molecule has 0 radical (unpaired) electrons. The molecule has 0 spiro atoms. The third-order valence-corrected chi connectivity index (χ3v) is 3.73. The van der Waals surface area contributed by atoms with Crippen molar-refractivity contribution in [1.82, 2.24) is 5.32 Å². The van der Waals surface area contributed by atoms with Crippen molar-refractivity contribution in [2.45, 2.75) is 38.6 Å². The van der Waals surface area contributed by atoms with Crippen LogP contribution >= 0.6 is 0 Å². The molecule has 21 heavy (non-hydrogen) atoms. The zero-order chi connectivity index (χ0) is 15.9. The third-order valence-electron chi connectivity index (χ3n) is 3.73. The standard InChI is InChI=1S/C16H25FN2O2/c1-4-18-16(2,15(20)21)11-5-6-12-19(3)14-9-7-13(17)8-10-14/h7-10,18H,4-6,11-12H2,1-3H3,(H,20,21). The minimum absolute atomic E-state index is 0.241. The number of carboxylic acid groups (broad SMARTS) is 1. The molecule has 1 atom stereocenters. The highest BCUT2D eigenvalue weighted by atomic mass is 19.1. The summed E-state index contributed by atoms with van der Waals surface area (Å²) in [5.74, 6) is -1.05. The minimum atomic E-state index is -0.858. The first kappa shape index (κ1) is 17.4. The Hall–Kier alpha value is -1.62. The van der Waals surface area contributed by atoms with E-state index in [2.05, 4.69) is 5.32 Å². The van der Waals surface area contributed by atoms with Crippen LogP contribution in [0.4, 0.5) is 10.1 Å². The summed E-state index contributed by atoms with van der Waals surface area (Å²) in [7, 11) is 1.95. The molecule has 0 amide bonds. The Bertz CT molecular complexity index is 450. The van der Waals surface area contributed by atoms with Gasteiger partial charge in [-0.05, 0) is 57.0 Å². The molecule has 1 aromatic carbocycles. The van der Waals surface area contributed by atoms with Gasteiger partial charge in [-0.2, -0.15) is 0 Å². The Kier molecular flexibility index (Phi) is 6.62. The van der Waals surface area contributed by atoms with Gasteiger partial charge in [-0.3, -0.25) is 4.79 Å². The number of hydrogen-bond acceptors (Lipinski definition) is 3. The number of carbonyl (C=O) groups is 1. The number of rotatable bonds is 9. The third kappa shape index (κ3) is 5.34. The molecule has 4 nitrogen and oxygen atoms in total. The average Bonchev–Trinajstić information content (AvgIpc) is 2.44. The molecule has 0 saturated carbocycles. The summed E-state index contributed by atoms with van der Waals surface area (Å²) in [4.78, 5) is 13.3. The molecule has 1 aromatic rings. The number of nitrogens with zero attached hydrogens (tertiary/aromatic N) is 1. The van der Waals surface area contributed by atoms with E-state index in [0.717, 1.165) is 25.1 Å². The fourth-order valence-electron chi connectivity index (χ4n) is 2.31. The lowest BCUT2D eigenvalue weighted by Crippen LogP contribution is -2.49. The minimum Gasteiger partial charge on any atom is -0.480 e. The summed E-state index contributed by atoms with van der Waals surface area (Å²) < 4.78 is 12.9. The Morgan fingerprint density at radius 1 is 1.33 bits per heavy atom. The van der Waals surface area contributed by atoms with Gasteiger partial charge in [0.05, 0.1) is 0 Å². The van der Waals surface area contributed by atoms with Gasteiger partial charge < -0.3 is 15.3 Å². The van der Waals surface area contributed by atoms with Crippen molar-refractivity contribution in [3.05, 3.63) is 30.1 Å². The summed E-state index contributed by atoms with van der Waals surface area (Å²) in [5.41, 5.74) is 0.104. The second-order valence-electron chi connectivity index (χ2n) is 5.52. The first-order valence-electron chi connectivity index (χ1n) is 7.34. The summed E-state index contributed by atoms with van der Waals surface area (Å²) in [5, 5.41) is 12.3. The fraction of sp³-hybridized carbons (Fsp3) is 0.562. The van der Waals surface area contributed by atoms with Crippen LogP contribution in [0.15, 0.2) is 24.3 Å². The average molecular weight is 296 g/mol. The molecule has 0 aliphatic carbocycles. The van der Waals surface area contributed by atoms with E-state index in [9.17, 15) is 14.3 Å². The molecule has 0 aliphatic heterocycles. The predicted molar refractivity (Wildman–Crippen MR) is 83.2 cm³/mol. The molecule has 2 N–H and O–H groups in total. The smallest absolute Gasteiger partial charge is 0.323 e. The van der Waals surface area contributed by atoms with Gasteiger partial charge in [0.25, 0.3) is 0 Å². The molecule has 0 bridgehead atoms. The van der Waals surface area contributed by atoms with Crippen LogP contribution in [0.1, 0.15) is 33.1 Å². The first-order chi connectivity index (χ1) is 9.89. The molecule has 5 heteroatoms. The molecule has 1 rings (SSSR count). The van der Waals surface area contributed by atoms with Crippen molar-refractivity contribution in [3.63, 3.8) is 0 Å². The number of aliphatic carboxylic acids is 1. The highest BCUT2D eigenvalue weighted by molar-refractivity contribution is 5.78. The maximum Gasteiger partial charge on any atom is 0.323 e. The van der Waals surface area contributed by atoms with Crippen LogP contribution in [0.25, 0.3) is 0 Å². The Labute approximate surface area is 126 Å². The summed E-state index contributed by atoms with van der Waals surface area (Å²) in [6.07, 6.45) is 2.30. The van der Waals surface area contributed by atoms with E-state index in [-0.39, 0.29) is 5.82 Å². The van der Waals surface area contributed by atoms with Crippen LogP contribution in [-0.2, 0) is 4.79 Å². The van der Waals surface area contributed by atoms with Crippen molar-refractivity contribution in [2.24, 2.45) is 0 Å². The summed E-state index contributed by atoms with van der Waals surface area (Å²) in [6, 6.07) is 6.38. The molecular weight excluding hydrogens is 271 g/mol. The van der Waals surface area contributed by atoms with E-state index >= 15 is 0 Å². The van der Waals surface area contributed by atoms with E-state index in [1.807, 2.05) is 18.9 Å². The number of hydrogen-bond donors (Lipinski definition) is 2. The van der Waals surface area contributed by atoms with Crippen LogP contribution in [0.3, 0.4) is 0 Å². The van der Waals surface area contributed by atoms with Crippen LogP contribution < -0.4 is 10.2 Å². The monoisotopic (exact) mass is 296 g/mol. The van der Waals surface area contributed by atoms with Gasteiger partial charge in [0.1, 0.15) is 11.4 Å². The van der Waals surface area contributed by atoms with E-state index in [1.54, 1.807) is 19.1 Å². The molecule has 0 fully saturated rings. The highest BCUT2D eigenvalue weighted by Crippen LogP contribution is 2.17. The van der Waals surface area contributed by atoms with Crippen LogP contribution in [-0.4, -0.2) is 36.8 Å². The molecular formula is C16H25FN2O2. The van der Waals surface area contributed by atoms with Gasteiger partial charge in [0.2, 0.25) is 0 Å². The topological polar surface area (TPSA) is 52.6 Å². The second kappa shape index (κ2) is 7.98. The van der Waals surface area contributed by atoms with E-state index in [4.69, 9.17) is 0 Å². The van der Waals surface area contributed by atoms with Crippen LogP contribution in [0.2, 0.25) is 0 Å². The largest absolute Gasteiger partial charge is 0.480 e. The lowest BCUT2D eigenvalue weighted by atomic mass is 9.95. The van der Waals surface area contributed by atoms with Gasteiger partial charge in [0.15, 0.2) is 0 Å². The fourth-order valence-corrected chi connectivity index (χ4v) is 2.31. The zero-order valence-electron chi connectivity index (χ0n) is 13.0. The lowest BCUT2D eigenvalue weighted by molar-refractivity contribution is -0.144. The quantitative estimate of drug-likeness (QED) is 0.688. The predicted octanol–water partition coefficient (Wildman–Crippen LogP) is 2.89. The number of likely N-dealkylation sites (N-methyl/N-ethyl adjacent to an activating group) is 1. The number of nitrogens with one attached hydrogen (secondary N) is 1. The maximum absolute atomic E-state index is 12.9. The SMILES string of the molecule is CCNC(C)(CCCCN(C)c1ccc(F)cc1)C(=O)O. The first-order valence-corrected chi connectivity index (χ1v) is 7.34. The second-order valence-corrected chi connectivity index (χ2v) is 5.52. The van der Waals surface area contributed by atoms with E-state index in [1.165, 1.54) is 12.1 Å². The van der Waals surface area contributed by atoms with Crippen molar-refractivity contribution in [3.8, 4) is 0 Å². The Morgan fingerprint density at radius 2 is 1.95 bits per heavy atom. The zero-order valence-corrected chi connectivity index (χ0v) is 13.0. The highest BCUT2D eigenvalue weighted by Gasteiger charge is 2.30. The van der Waals surface area contributed by atoms with Crippen LogP contribution in [0, 0.1) is 5.82 Å². The number of unbranched alkanes of at least 4 members (excludes halogenated alkanes) is 1. The lowest BCUT2D eigenvalue weighted by Gasteiger charge is -2.26. The molecule has 0 saturated heterocycles. The van der Waals surface area contributed by atoms with Crippen molar-refractivity contribution >= 4 is 11.7 Å². The summed E-state index contributed by atoms with van der Waals surface area (Å²) in [6.45, 7) is 5.08. The Morgan fingerprint density at radius 3 is 2.48 bits per heavy atom. The van der Waals surface area contributed by atoms with Gasteiger partial charge in [-0.25, -0.2) is 4.39 Å². The number of halogens is 1. The van der Waals surface area contributed by atoms with Crippen LogP contribution in [0.5, 0.6) is 0 Å². The molecule has 1 unspecified atom stereocenters. The molecule has 0 aromatic heterocycles. The Balaban J connectivity index is 2.39. The number of carboxylic acids is 1. The number of benzene rings is 1. The van der Waals surface area contributed by atoms with Gasteiger partial charge in [-0.15, -0.1) is 0 Å². The van der Waals surface area contributed by atoms with Crippen molar-refractivity contribution < 1.29 is 14.3 Å². The summed E-state index contributed by atoms with van der Waals surface area (Å²) >= 11 is 0. The van der Waals surface area contributed by atoms with Gasteiger partial charge in [-0.1, -0.05) is 6.92 Å². The van der Waals surface area contributed by atoms with Crippen molar-refractivity contribution in [1.29, 1.82) is 0 Å². The maximum atomic E-state index is 12.9. The van der Waals surface area contributed by atoms with Crippen molar-refractivity contribution in [2.75, 3.05) is 25.0 Å². The van der Waals surface area contributed by atoms with E-state index < -0.39 is 11.5 Å².